The normalized spacial score (nSPS) is 12.7. The Hall–Kier alpha value is -1.24. The molecule has 0 aliphatic carbocycles. The van der Waals surface area contributed by atoms with Crippen molar-refractivity contribution in [1.82, 2.24) is 14.8 Å². The number of carbonyl (C=O) groups excluding carboxylic acids is 1. The van der Waals surface area contributed by atoms with E-state index in [1.807, 2.05) is 6.92 Å². The fraction of sp³-hybridized carbons (Fsp3) is 0.727. The third kappa shape index (κ3) is 2.95. The van der Waals surface area contributed by atoms with Crippen molar-refractivity contribution in [3.05, 3.63) is 12.2 Å². The van der Waals surface area contributed by atoms with Gasteiger partial charge in [-0.25, -0.2) is 18.1 Å². The first-order valence-corrected chi connectivity index (χ1v) is 7.69. The molecule has 0 aliphatic heterocycles. The Bertz CT molecular complexity index is 531. The van der Waals surface area contributed by atoms with E-state index in [9.17, 15) is 13.2 Å². The van der Waals surface area contributed by atoms with Gasteiger partial charge in [-0.15, -0.1) is 0 Å². The second kappa shape index (κ2) is 5.17. The number of hydrogen-bond donors (Lipinski definition) is 0. The minimum atomic E-state index is -3.44. The predicted molar refractivity (Wildman–Crippen MR) is 67.9 cm³/mol. The highest BCUT2D eigenvalue weighted by Gasteiger charge is 2.38. The maximum absolute atomic E-state index is 12.1. The number of aromatic nitrogens is 3. The number of carbonyl (C=O) groups is 1. The molecule has 6 nitrogen and oxygen atoms in total. The largest absolute Gasteiger partial charge is 0.297 e. The van der Waals surface area contributed by atoms with Gasteiger partial charge >= 0.3 is 0 Å². The van der Waals surface area contributed by atoms with Gasteiger partial charge in [0.15, 0.2) is 15.6 Å². The lowest BCUT2D eigenvalue weighted by Crippen LogP contribution is -2.41. The van der Waals surface area contributed by atoms with Gasteiger partial charge < -0.3 is 0 Å². The van der Waals surface area contributed by atoms with E-state index in [4.69, 9.17) is 0 Å². The summed E-state index contributed by atoms with van der Waals surface area (Å²) in [7, 11) is -3.44. The fourth-order valence-electron chi connectivity index (χ4n) is 1.39. The van der Waals surface area contributed by atoms with E-state index >= 15 is 0 Å². The van der Waals surface area contributed by atoms with Crippen molar-refractivity contribution in [2.75, 3.05) is 6.26 Å². The van der Waals surface area contributed by atoms with Crippen molar-refractivity contribution in [2.45, 2.75) is 44.9 Å². The lowest BCUT2D eigenvalue weighted by molar-refractivity contribution is -0.120. The van der Waals surface area contributed by atoms with Crippen molar-refractivity contribution < 1.29 is 13.2 Å². The van der Waals surface area contributed by atoms with E-state index in [0.29, 0.717) is 12.4 Å². The Balaban J connectivity index is 2.92. The molecular formula is C11H19N3O3S. The SMILES string of the molecule is CCCn1ncnc1CC(=O)C(C)(C)S(C)(=O)=O. The summed E-state index contributed by atoms with van der Waals surface area (Å²) in [4.78, 5) is 16.1. The molecule has 7 heteroatoms. The van der Waals surface area contributed by atoms with E-state index in [-0.39, 0.29) is 12.2 Å². The van der Waals surface area contributed by atoms with Gasteiger partial charge in [0, 0.05) is 12.8 Å². The molecule has 0 spiro atoms. The first-order valence-electron chi connectivity index (χ1n) is 5.79. The first-order chi connectivity index (χ1) is 8.20. The zero-order valence-corrected chi connectivity index (χ0v) is 12.0. The molecule has 0 bridgehead atoms. The molecule has 1 heterocycles. The van der Waals surface area contributed by atoms with Gasteiger partial charge in [-0.1, -0.05) is 6.92 Å². The monoisotopic (exact) mass is 273 g/mol. The van der Waals surface area contributed by atoms with E-state index in [1.54, 1.807) is 4.68 Å². The first kappa shape index (κ1) is 14.8. The Kier molecular flexibility index (Phi) is 4.26. The minimum absolute atomic E-state index is 0.0138. The average Bonchev–Trinajstić information content (AvgIpc) is 2.64. The number of nitrogens with zero attached hydrogens (tertiary/aromatic N) is 3. The van der Waals surface area contributed by atoms with Gasteiger partial charge in [0.2, 0.25) is 0 Å². The van der Waals surface area contributed by atoms with E-state index < -0.39 is 14.6 Å². The summed E-state index contributed by atoms with van der Waals surface area (Å²) in [6.07, 6.45) is 3.31. The summed E-state index contributed by atoms with van der Waals surface area (Å²) in [5.74, 6) is 0.147. The molecule has 0 amide bonds. The topological polar surface area (TPSA) is 81.9 Å². The van der Waals surface area contributed by atoms with Crippen LogP contribution >= 0.6 is 0 Å². The van der Waals surface area contributed by atoms with Gasteiger partial charge in [0.05, 0.1) is 6.42 Å². The van der Waals surface area contributed by atoms with Crippen LogP contribution in [0.1, 0.15) is 33.0 Å². The molecule has 0 aliphatic rings. The summed E-state index contributed by atoms with van der Waals surface area (Å²) in [6, 6.07) is 0. The van der Waals surface area contributed by atoms with Gasteiger partial charge in [-0.2, -0.15) is 5.10 Å². The van der Waals surface area contributed by atoms with Crippen LogP contribution in [-0.2, 0) is 27.6 Å². The van der Waals surface area contributed by atoms with E-state index in [1.165, 1.54) is 20.2 Å². The molecule has 1 aromatic rings. The van der Waals surface area contributed by atoms with Crippen LogP contribution in [-0.4, -0.2) is 40.0 Å². The van der Waals surface area contributed by atoms with Gasteiger partial charge in [-0.3, -0.25) is 4.79 Å². The number of sulfone groups is 1. The highest BCUT2D eigenvalue weighted by atomic mass is 32.2. The highest BCUT2D eigenvalue weighted by Crippen LogP contribution is 2.18. The standard InChI is InChI=1S/C11H19N3O3S/c1-5-6-14-10(12-8-13-14)7-9(15)11(2,3)18(4,16)17/h8H,5-7H2,1-4H3. The van der Waals surface area contributed by atoms with Crippen LogP contribution in [0.25, 0.3) is 0 Å². The summed E-state index contributed by atoms with van der Waals surface area (Å²) < 4.78 is 23.4. The number of Topliss-reactive ketones (excluding diaryl/α,β-unsaturated/α-hetero) is 1. The molecule has 1 rings (SSSR count). The number of ketones is 1. The van der Waals surface area contributed by atoms with Gasteiger partial charge in [-0.05, 0) is 20.3 Å². The summed E-state index contributed by atoms with van der Waals surface area (Å²) in [5.41, 5.74) is 0. The third-order valence-electron chi connectivity index (χ3n) is 3.05. The molecule has 18 heavy (non-hydrogen) atoms. The van der Waals surface area contributed by atoms with Crippen LogP contribution in [0.2, 0.25) is 0 Å². The third-order valence-corrected chi connectivity index (χ3v) is 5.13. The molecule has 1 aromatic heterocycles. The van der Waals surface area contributed by atoms with Crippen molar-refractivity contribution >= 4 is 15.6 Å². The minimum Gasteiger partial charge on any atom is -0.297 e. The Morgan fingerprint density at radius 1 is 1.44 bits per heavy atom. The van der Waals surface area contributed by atoms with Crippen LogP contribution in [0.4, 0.5) is 0 Å². The number of rotatable bonds is 6. The van der Waals surface area contributed by atoms with E-state index in [2.05, 4.69) is 10.1 Å². The van der Waals surface area contributed by atoms with Crippen molar-refractivity contribution in [2.24, 2.45) is 0 Å². The van der Waals surface area contributed by atoms with Gasteiger partial charge in [0.25, 0.3) is 0 Å². The maximum atomic E-state index is 12.1. The maximum Gasteiger partial charge on any atom is 0.161 e. The molecule has 0 N–H and O–H groups in total. The van der Waals surface area contributed by atoms with Crippen molar-refractivity contribution in [3.63, 3.8) is 0 Å². The zero-order valence-electron chi connectivity index (χ0n) is 11.2. The quantitative estimate of drug-likeness (QED) is 0.759. The Labute approximate surface area is 107 Å². The molecular weight excluding hydrogens is 254 g/mol. The van der Waals surface area contributed by atoms with Crippen LogP contribution in [0.5, 0.6) is 0 Å². The molecule has 0 unspecified atom stereocenters. The molecule has 0 fully saturated rings. The highest BCUT2D eigenvalue weighted by molar-refractivity contribution is 7.92. The average molecular weight is 273 g/mol. The smallest absolute Gasteiger partial charge is 0.161 e. The predicted octanol–water partition coefficient (Wildman–Crippen LogP) is 0.623. The Morgan fingerprint density at radius 3 is 2.56 bits per heavy atom. The van der Waals surface area contributed by atoms with Crippen LogP contribution in [0, 0.1) is 0 Å². The molecule has 102 valence electrons. The molecule has 0 saturated heterocycles. The van der Waals surface area contributed by atoms with E-state index in [0.717, 1.165) is 12.7 Å². The molecule has 0 saturated carbocycles. The second-order valence-electron chi connectivity index (χ2n) is 4.78. The van der Waals surface area contributed by atoms with Crippen molar-refractivity contribution in [3.8, 4) is 0 Å². The number of aryl methyl sites for hydroxylation is 1. The fourth-order valence-corrected chi connectivity index (χ4v) is 1.87. The summed E-state index contributed by atoms with van der Waals surface area (Å²) in [6.45, 7) is 5.51. The van der Waals surface area contributed by atoms with Crippen LogP contribution in [0.3, 0.4) is 0 Å². The number of hydrogen-bond acceptors (Lipinski definition) is 5. The van der Waals surface area contributed by atoms with Crippen LogP contribution < -0.4 is 0 Å². The molecule has 0 aromatic carbocycles. The Morgan fingerprint density at radius 2 is 2.06 bits per heavy atom. The summed E-state index contributed by atoms with van der Waals surface area (Å²) >= 11 is 0. The lowest BCUT2D eigenvalue weighted by Gasteiger charge is -2.20. The summed E-state index contributed by atoms with van der Waals surface area (Å²) in [5, 5.41) is 4.01. The van der Waals surface area contributed by atoms with Crippen molar-refractivity contribution in [1.29, 1.82) is 0 Å². The molecule has 0 radical (unpaired) electrons. The zero-order chi connectivity index (χ0) is 14.0. The second-order valence-corrected chi connectivity index (χ2v) is 7.35. The van der Waals surface area contributed by atoms with Gasteiger partial charge in [0.1, 0.15) is 16.9 Å². The molecule has 0 atom stereocenters. The lowest BCUT2D eigenvalue weighted by atomic mass is 10.1. The van der Waals surface area contributed by atoms with Crippen LogP contribution in [0.15, 0.2) is 6.33 Å².